The van der Waals surface area contributed by atoms with Crippen molar-refractivity contribution < 1.29 is 9.13 Å². The smallest absolute Gasteiger partial charge is 0.139 e. The molecule has 6 rings (SSSR count). The fraction of sp³-hybridized carbons (Fsp3) is 0.323. The number of aromatic nitrogens is 4. The predicted molar refractivity (Wildman–Crippen MR) is 149 cm³/mol. The van der Waals surface area contributed by atoms with Gasteiger partial charge in [-0.3, -0.25) is 0 Å². The van der Waals surface area contributed by atoms with E-state index in [1.165, 1.54) is 12.1 Å². The molecule has 1 saturated heterocycles. The van der Waals surface area contributed by atoms with Gasteiger partial charge in [0.05, 0.1) is 18.0 Å². The minimum Gasteiger partial charge on any atom is -0.494 e. The van der Waals surface area contributed by atoms with Crippen molar-refractivity contribution in [1.29, 1.82) is 0 Å². The van der Waals surface area contributed by atoms with Gasteiger partial charge in [0.15, 0.2) is 0 Å². The molecule has 1 aliphatic carbocycles. The Morgan fingerprint density at radius 1 is 1.03 bits per heavy atom. The number of rotatable bonds is 6. The number of ether oxygens (including phenoxy) is 1. The molecule has 0 saturated carbocycles. The van der Waals surface area contributed by atoms with E-state index >= 15 is 0 Å². The summed E-state index contributed by atoms with van der Waals surface area (Å²) >= 11 is 0. The van der Waals surface area contributed by atoms with E-state index in [1.54, 1.807) is 6.33 Å². The normalized spacial score (nSPS) is 15.5. The maximum Gasteiger partial charge on any atom is 0.139 e. The Balaban J connectivity index is 1.17. The third-order valence-electron chi connectivity index (χ3n) is 7.67. The molecular formula is C31H32FN5O. The van der Waals surface area contributed by atoms with Crippen LogP contribution >= 0.6 is 0 Å². The monoisotopic (exact) mass is 509 g/mol. The molecule has 0 radical (unpaired) electrons. The second kappa shape index (κ2) is 10.0. The quantitative estimate of drug-likeness (QED) is 0.321. The van der Waals surface area contributed by atoms with Crippen molar-refractivity contribution >= 4 is 17.5 Å². The molecule has 1 N–H and O–H groups in total. The molecule has 1 fully saturated rings. The van der Waals surface area contributed by atoms with Gasteiger partial charge in [0, 0.05) is 42.2 Å². The highest BCUT2D eigenvalue weighted by Gasteiger charge is 2.28. The van der Waals surface area contributed by atoms with Gasteiger partial charge in [-0.2, -0.15) is 0 Å². The van der Waals surface area contributed by atoms with Crippen molar-refractivity contribution in [2.24, 2.45) is 0 Å². The average Bonchev–Trinajstić information content (AvgIpc) is 3.54. The van der Waals surface area contributed by atoms with Gasteiger partial charge in [-0.25, -0.2) is 19.3 Å². The Morgan fingerprint density at radius 2 is 1.79 bits per heavy atom. The van der Waals surface area contributed by atoms with Gasteiger partial charge >= 0.3 is 0 Å². The number of hydrogen-bond acceptors (Lipinski definition) is 5. The first-order valence-corrected chi connectivity index (χ1v) is 13.4. The third-order valence-corrected chi connectivity index (χ3v) is 7.67. The number of piperidine rings is 1. The number of nitrogens with one attached hydrogen (secondary N) is 1. The molecule has 6 nitrogen and oxygen atoms in total. The summed E-state index contributed by atoms with van der Waals surface area (Å²) in [5.74, 6) is 3.14. The van der Waals surface area contributed by atoms with Crippen molar-refractivity contribution in [3.05, 3.63) is 88.5 Å². The fourth-order valence-corrected chi connectivity index (χ4v) is 5.65. The van der Waals surface area contributed by atoms with Gasteiger partial charge in [0.25, 0.3) is 0 Å². The zero-order valence-electron chi connectivity index (χ0n) is 22.1. The van der Waals surface area contributed by atoms with Crippen LogP contribution in [0.4, 0.5) is 10.2 Å². The van der Waals surface area contributed by atoms with E-state index in [-0.39, 0.29) is 5.82 Å². The van der Waals surface area contributed by atoms with E-state index in [1.807, 2.05) is 25.1 Å². The van der Waals surface area contributed by atoms with Crippen LogP contribution in [0.15, 0.2) is 48.8 Å². The van der Waals surface area contributed by atoms with Crippen LogP contribution in [0.5, 0.6) is 5.75 Å². The van der Waals surface area contributed by atoms with E-state index in [4.69, 9.17) is 9.72 Å². The standard InChI is InChI=1S/C31H32FN5O/c1-4-38-28-10-7-23(15-19(28)2)29-20(3)35-30(36-29)22-11-13-37(14-12-22)31-26-16-24(17-27(26)33-18-34-31)21-5-8-25(32)9-6-21/h5-10,15-16,18,22H,4,11-14,17H2,1-3H3,(H,35,36). The third kappa shape index (κ3) is 4.57. The summed E-state index contributed by atoms with van der Waals surface area (Å²) in [5, 5.41) is 0. The molecule has 2 aliphatic rings. The molecule has 7 heteroatoms. The van der Waals surface area contributed by atoms with Crippen LogP contribution in [0.3, 0.4) is 0 Å². The number of H-pyrrole nitrogens is 1. The molecule has 0 unspecified atom stereocenters. The molecule has 0 spiro atoms. The van der Waals surface area contributed by atoms with E-state index in [2.05, 4.69) is 51.9 Å². The maximum atomic E-state index is 13.4. The average molecular weight is 510 g/mol. The van der Waals surface area contributed by atoms with Crippen molar-refractivity contribution in [2.45, 2.75) is 46.0 Å². The summed E-state index contributed by atoms with van der Waals surface area (Å²) in [6, 6.07) is 13.0. The zero-order valence-corrected chi connectivity index (χ0v) is 22.1. The number of aromatic amines is 1. The summed E-state index contributed by atoms with van der Waals surface area (Å²) in [5.41, 5.74) is 8.65. The lowest BCUT2D eigenvalue weighted by molar-refractivity contribution is 0.338. The molecule has 2 aromatic carbocycles. The Kier molecular flexibility index (Phi) is 6.44. The van der Waals surface area contributed by atoms with Crippen LogP contribution in [0.2, 0.25) is 0 Å². The Labute approximate surface area is 222 Å². The molecule has 4 aromatic rings. The Bertz CT molecular complexity index is 1500. The Morgan fingerprint density at radius 3 is 2.53 bits per heavy atom. The fourth-order valence-electron chi connectivity index (χ4n) is 5.65. The molecule has 3 heterocycles. The van der Waals surface area contributed by atoms with Crippen LogP contribution < -0.4 is 9.64 Å². The molecule has 194 valence electrons. The molecule has 2 aromatic heterocycles. The van der Waals surface area contributed by atoms with Gasteiger partial charge in [0.1, 0.15) is 29.5 Å². The highest BCUT2D eigenvalue weighted by atomic mass is 19.1. The van der Waals surface area contributed by atoms with Crippen LogP contribution in [0.1, 0.15) is 59.6 Å². The van der Waals surface area contributed by atoms with Crippen LogP contribution in [0, 0.1) is 19.7 Å². The first-order valence-electron chi connectivity index (χ1n) is 13.4. The van der Waals surface area contributed by atoms with Crippen molar-refractivity contribution in [3.63, 3.8) is 0 Å². The van der Waals surface area contributed by atoms with Crippen LogP contribution in [-0.4, -0.2) is 39.6 Å². The van der Waals surface area contributed by atoms with E-state index in [0.29, 0.717) is 12.5 Å². The molecule has 0 bridgehead atoms. The van der Waals surface area contributed by atoms with Gasteiger partial charge in [-0.15, -0.1) is 0 Å². The Hall–Kier alpha value is -4.00. The number of benzene rings is 2. The maximum absolute atomic E-state index is 13.4. The molecule has 0 amide bonds. The predicted octanol–water partition coefficient (Wildman–Crippen LogP) is 6.50. The summed E-state index contributed by atoms with van der Waals surface area (Å²) in [4.78, 5) is 20.2. The first kappa shape index (κ1) is 24.3. The van der Waals surface area contributed by atoms with Crippen molar-refractivity contribution in [2.75, 3.05) is 24.6 Å². The number of anilines is 1. The number of imidazole rings is 1. The molecule has 38 heavy (non-hydrogen) atoms. The van der Waals surface area contributed by atoms with Crippen LogP contribution in [0.25, 0.3) is 22.9 Å². The van der Waals surface area contributed by atoms with E-state index < -0.39 is 0 Å². The second-order valence-electron chi connectivity index (χ2n) is 10.2. The van der Waals surface area contributed by atoms with Gasteiger partial charge < -0.3 is 14.6 Å². The lowest BCUT2D eigenvalue weighted by Gasteiger charge is -2.32. The van der Waals surface area contributed by atoms with Gasteiger partial charge in [0.2, 0.25) is 0 Å². The lowest BCUT2D eigenvalue weighted by atomic mass is 9.96. The van der Waals surface area contributed by atoms with E-state index in [0.717, 1.165) is 94.7 Å². The lowest BCUT2D eigenvalue weighted by Crippen LogP contribution is -2.34. The number of allylic oxidation sites excluding steroid dienone is 1. The largest absolute Gasteiger partial charge is 0.494 e. The van der Waals surface area contributed by atoms with Crippen LogP contribution in [-0.2, 0) is 6.42 Å². The summed E-state index contributed by atoms with van der Waals surface area (Å²) < 4.78 is 19.1. The minimum absolute atomic E-state index is 0.221. The highest BCUT2D eigenvalue weighted by molar-refractivity contribution is 5.91. The number of hydrogen-bond donors (Lipinski definition) is 1. The highest BCUT2D eigenvalue weighted by Crippen LogP contribution is 2.38. The molecular weight excluding hydrogens is 477 g/mol. The second-order valence-corrected chi connectivity index (χ2v) is 10.2. The van der Waals surface area contributed by atoms with E-state index in [9.17, 15) is 4.39 Å². The zero-order chi connectivity index (χ0) is 26.2. The van der Waals surface area contributed by atoms with Gasteiger partial charge in [-0.05, 0) is 86.7 Å². The van der Waals surface area contributed by atoms with Crippen molar-refractivity contribution in [1.82, 2.24) is 19.9 Å². The topological polar surface area (TPSA) is 66.9 Å². The first-order chi connectivity index (χ1) is 18.5. The summed E-state index contributed by atoms with van der Waals surface area (Å²) in [6.07, 6.45) is 6.59. The number of fused-ring (bicyclic) bond motifs is 1. The van der Waals surface area contributed by atoms with Crippen molar-refractivity contribution in [3.8, 4) is 17.0 Å². The number of aryl methyl sites for hydroxylation is 2. The molecule has 0 atom stereocenters. The molecule has 1 aliphatic heterocycles. The SMILES string of the molecule is CCOc1ccc(-c2nc(C3CCN(c4ncnc5c4C=C(c4ccc(F)cc4)C5)CC3)[nH]c2C)cc1C. The summed E-state index contributed by atoms with van der Waals surface area (Å²) in [7, 11) is 0. The number of nitrogens with zero attached hydrogens (tertiary/aromatic N) is 4. The minimum atomic E-state index is -0.221. The summed E-state index contributed by atoms with van der Waals surface area (Å²) in [6.45, 7) is 8.66. The van der Waals surface area contributed by atoms with Gasteiger partial charge in [-0.1, -0.05) is 12.1 Å². The number of halogens is 1.